The zero-order valence-electron chi connectivity index (χ0n) is 15.7. The third-order valence-corrected chi connectivity index (χ3v) is 7.83. The average Bonchev–Trinajstić information content (AvgIpc) is 2.63. The Labute approximate surface area is 168 Å². The van der Waals surface area contributed by atoms with Crippen LogP contribution in [0.3, 0.4) is 0 Å². The van der Waals surface area contributed by atoms with Gasteiger partial charge in [-0.05, 0) is 57.1 Å². The number of aliphatic carboxylic acids is 1. The first kappa shape index (κ1) is 22.7. The van der Waals surface area contributed by atoms with Gasteiger partial charge in [0.05, 0.1) is 10.5 Å². The second kappa shape index (κ2) is 8.85. The maximum atomic E-state index is 13.1. The first-order valence-corrected chi connectivity index (χ1v) is 11.2. The second-order valence-electron chi connectivity index (χ2n) is 7.02. The lowest BCUT2D eigenvalue weighted by Crippen LogP contribution is -2.69. The average molecular weight is 434 g/mol. The number of hydrogen-bond acceptors (Lipinski definition) is 7. The molecule has 0 bridgehead atoms. The molecule has 0 saturated carbocycles. The highest BCUT2D eigenvalue weighted by Gasteiger charge is 2.59. The van der Waals surface area contributed by atoms with Gasteiger partial charge in [0.1, 0.15) is 11.4 Å². The number of nitrogens with zero attached hydrogens (tertiary/aromatic N) is 2. The first-order chi connectivity index (χ1) is 13.1. The Balaban J connectivity index is 2.41. The highest BCUT2D eigenvalue weighted by Crippen LogP contribution is 2.47. The summed E-state index contributed by atoms with van der Waals surface area (Å²) in [5, 5.41) is 10.1. The van der Waals surface area contributed by atoms with Crippen molar-refractivity contribution in [3.63, 3.8) is 0 Å². The molecule has 28 heavy (non-hydrogen) atoms. The van der Waals surface area contributed by atoms with E-state index in [0.717, 1.165) is 12.1 Å². The van der Waals surface area contributed by atoms with Crippen molar-refractivity contribution in [2.45, 2.75) is 42.2 Å². The summed E-state index contributed by atoms with van der Waals surface area (Å²) >= 11 is 0.596. The van der Waals surface area contributed by atoms with Crippen LogP contribution in [0.1, 0.15) is 31.7 Å². The standard InChI is InChI=1S/C17H24FN3O5S2/c1-3-17(15(22)23,16(27-20-24)8-10-21(2)11-9-16)19-28(25,26)12-13-4-6-14(18)7-5-13/h4-7,19H,3,8-12H2,1-2H3,(H,22,23). The number of hydrogen-bond donors (Lipinski definition) is 2. The van der Waals surface area contributed by atoms with Gasteiger partial charge in [0.15, 0.2) is 0 Å². The van der Waals surface area contributed by atoms with E-state index in [9.17, 15) is 27.6 Å². The summed E-state index contributed by atoms with van der Waals surface area (Å²) in [4.78, 5) is 25.5. The summed E-state index contributed by atoms with van der Waals surface area (Å²) in [7, 11) is -2.23. The van der Waals surface area contributed by atoms with E-state index in [-0.39, 0.29) is 6.42 Å². The van der Waals surface area contributed by atoms with Crippen molar-refractivity contribution in [3.8, 4) is 0 Å². The third-order valence-electron chi connectivity index (χ3n) is 5.28. The third kappa shape index (κ3) is 4.70. The molecular weight excluding hydrogens is 409 g/mol. The Hall–Kier alpha value is -1.56. The maximum Gasteiger partial charge on any atom is 0.326 e. The molecule has 1 fully saturated rings. The van der Waals surface area contributed by atoms with E-state index in [2.05, 4.69) is 9.30 Å². The topological polar surface area (TPSA) is 116 Å². The van der Waals surface area contributed by atoms with E-state index < -0.39 is 37.8 Å². The van der Waals surface area contributed by atoms with E-state index in [1.165, 1.54) is 12.1 Å². The number of nitroso groups, excluding NO2 is 1. The van der Waals surface area contributed by atoms with Gasteiger partial charge in [-0.2, -0.15) is 4.72 Å². The molecule has 1 atom stereocenters. The molecule has 1 aromatic carbocycles. The van der Waals surface area contributed by atoms with Crippen LogP contribution in [0.5, 0.6) is 0 Å². The van der Waals surface area contributed by atoms with Crippen molar-refractivity contribution in [2.24, 2.45) is 4.58 Å². The number of sulfonamides is 1. The SMILES string of the molecule is CCC(NS(=O)(=O)Cc1ccc(F)cc1)(C(=O)O)C1(SN=O)CCN(C)CC1. The van der Waals surface area contributed by atoms with Crippen LogP contribution in [0.2, 0.25) is 0 Å². The minimum atomic E-state index is -4.11. The number of halogens is 1. The van der Waals surface area contributed by atoms with Gasteiger partial charge in [0, 0.05) is 16.5 Å². The van der Waals surface area contributed by atoms with E-state index in [1.807, 2.05) is 11.9 Å². The van der Waals surface area contributed by atoms with Crippen molar-refractivity contribution in [2.75, 3.05) is 20.1 Å². The lowest BCUT2D eigenvalue weighted by Gasteiger charge is -2.48. The van der Waals surface area contributed by atoms with E-state index in [0.29, 0.717) is 43.4 Å². The van der Waals surface area contributed by atoms with Gasteiger partial charge in [0.25, 0.3) is 0 Å². The first-order valence-electron chi connectivity index (χ1n) is 8.78. The van der Waals surface area contributed by atoms with Crippen LogP contribution < -0.4 is 4.72 Å². The highest BCUT2D eigenvalue weighted by molar-refractivity contribution is 7.99. The summed E-state index contributed by atoms with van der Waals surface area (Å²) in [6, 6.07) is 4.94. The van der Waals surface area contributed by atoms with E-state index in [1.54, 1.807) is 6.92 Å². The number of piperidine rings is 1. The Morgan fingerprint density at radius 3 is 2.39 bits per heavy atom. The summed E-state index contributed by atoms with van der Waals surface area (Å²) < 4.78 is 42.8. The van der Waals surface area contributed by atoms with Gasteiger partial charge in [0.2, 0.25) is 10.0 Å². The zero-order valence-corrected chi connectivity index (χ0v) is 17.4. The smallest absolute Gasteiger partial charge is 0.326 e. The molecular formula is C17H24FN3O5S2. The molecule has 0 spiro atoms. The summed E-state index contributed by atoms with van der Waals surface area (Å²) in [5.41, 5.74) is -1.58. The predicted molar refractivity (Wildman–Crippen MR) is 106 cm³/mol. The van der Waals surface area contributed by atoms with Crippen molar-refractivity contribution in [1.82, 2.24) is 9.62 Å². The van der Waals surface area contributed by atoms with Gasteiger partial charge in [-0.3, -0.25) is 4.79 Å². The number of nitrogens with one attached hydrogen (secondary N) is 1. The molecule has 2 N–H and O–H groups in total. The Bertz CT molecular complexity index is 811. The van der Waals surface area contributed by atoms with Crippen LogP contribution in [0.4, 0.5) is 4.39 Å². The maximum absolute atomic E-state index is 13.1. The molecule has 11 heteroatoms. The molecule has 1 unspecified atom stereocenters. The molecule has 8 nitrogen and oxygen atoms in total. The van der Waals surface area contributed by atoms with Crippen molar-refractivity contribution in [3.05, 3.63) is 40.6 Å². The Morgan fingerprint density at radius 2 is 1.93 bits per heavy atom. The van der Waals surface area contributed by atoms with Crippen LogP contribution in [0.15, 0.2) is 28.8 Å². The fourth-order valence-corrected chi connectivity index (χ4v) is 6.30. The summed E-state index contributed by atoms with van der Waals surface area (Å²) in [6.07, 6.45) is 0.523. The monoisotopic (exact) mass is 433 g/mol. The molecule has 1 heterocycles. The number of likely N-dealkylation sites (tertiary alicyclic amines) is 1. The Morgan fingerprint density at radius 1 is 1.36 bits per heavy atom. The lowest BCUT2D eigenvalue weighted by atomic mass is 9.75. The fraction of sp³-hybridized carbons (Fsp3) is 0.588. The molecule has 1 aromatic rings. The number of benzene rings is 1. The van der Waals surface area contributed by atoms with Crippen LogP contribution >= 0.6 is 11.9 Å². The van der Waals surface area contributed by atoms with Gasteiger partial charge < -0.3 is 10.0 Å². The van der Waals surface area contributed by atoms with E-state index in [4.69, 9.17) is 0 Å². The number of carbonyl (C=O) groups is 1. The van der Waals surface area contributed by atoms with Crippen LogP contribution in [-0.4, -0.2) is 54.8 Å². The van der Waals surface area contributed by atoms with Crippen molar-refractivity contribution >= 4 is 27.9 Å². The summed E-state index contributed by atoms with van der Waals surface area (Å²) in [6.45, 7) is 2.59. The van der Waals surface area contributed by atoms with Crippen LogP contribution in [-0.2, 0) is 20.6 Å². The van der Waals surface area contributed by atoms with Gasteiger partial charge in [-0.25, -0.2) is 12.8 Å². The highest BCUT2D eigenvalue weighted by atomic mass is 32.2. The molecule has 1 saturated heterocycles. The molecule has 0 aromatic heterocycles. The number of rotatable bonds is 9. The molecule has 0 aliphatic carbocycles. The number of carboxylic acids is 1. The van der Waals surface area contributed by atoms with Gasteiger partial charge >= 0.3 is 5.97 Å². The number of carboxylic acid groups (broad SMARTS) is 1. The molecule has 156 valence electrons. The van der Waals surface area contributed by atoms with Crippen molar-refractivity contribution < 1.29 is 22.7 Å². The summed E-state index contributed by atoms with van der Waals surface area (Å²) in [5.74, 6) is -2.35. The predicted octanol–water partition coefficient (Wildman–Crippen LogP) is 2.36. The van der Waals surface area contributed by atoms with Gasteiger partial charge in [-0.15, -0.1) is 4.91 Å². The molecule has 1 aliphatic rings. The van der Waals surface area contributed by atoms with E-state index >= 15 is 0 Å². The van der Waals surface area contributed by atoms with Crippen LogP contribution in [0, 0.1) is 10.7 Å². The molecule has 1 aliphatic heterocycles. The fourth-order valence-electron chi connectivity index (χ4n) is 3.63. The molecule has 2 rings (SSSR count). The molecule has 0 radical (unpaired) electrons. The lowest BCUT2D eigenvalue weighted by molar-refractivity contribution is -0.146. The normalized spacial score (nSPS) is 19.7. The quantitative estimate of drug-likeness (QED) is 0.454. The largest absolute Gasteiger partial charge is 0.480 e. The van der Waals surface area contributed by atoms with Crippen molar-refractivity contribution in [1.29, 1.82) is 0 Å². The zero-order chi connectivity index (χ0) is 21.0. The van der Waals surface area contributed by atoms with Gasteiger partial charge in [-0.1, -0.05) is 19.1 Å². The second-order valence-corrected chi connectivity index (χ2v) is 9.85. The molecule has 0 amide bonds. The minimum absolute atomic E-state index is 0.0583. The minimum Gasteiger partial charge on any atom is -0.480 e. The Kier molecular flexibility index (Phi) is 7.18. The van der Waals surface area contributed by atoms with Crippen LogP contribution in [0.25, 0.3) is 0 Å².